The number of carbonyl (C=O) groups is 2. The summed E-state index contributed by atoms with van der Waals surface area (Å²) >= 11 is 0. The molecular formula is C21H26N2O3. The Balaban J connectivity index is 1.93. The zero-order valence-corrected chi connectivity index (χ0v) is 15.8. The number of benzene rings is 2. The second kappa shape index (κ2) is 9.04. The van der Waals surface area contributed by atoms with Crippen molar-refractivity contribution in [2.45, 2.75) is 27.7 Å². The van der Waals surface area contributed by atoms with Gasteiger partial charge in [0, 0.05) is 17.8 Å². The predicted molar refractivity (Wildman–Crippen MR) is 104 cm³/mol. The van der Waals surface area contributed by atoms with Crippen LogP contribution in [0.15, 0.2) is 42.5 Å². The second-order valence-corrected chi connectivity index (χ2v) is 6.79. The van der Waals surface area contributed by atoms with Gasteiger partial charge >= 0.3 is 0 Å². The molecule has 0 aliphatic rings. The molecule has 0 bridgehead atoms. The van der Waals surface area contributed by atoms with Crippen molar-refractivity contribution in [3.05, 3.63) is 59.2 Å². The van der Waals surface area contributed by atoms with Gasteiger partial charge < -0.3 is 15.4 Å². The van der Waals surface area contributed by atoms with E-state index in [1.54, 1.807) is 24.3 Å². The molecule has 26 heavy (non-hydrogen) atoms. The summed E-state index contributed by atoms with van der Waals surface area (Å²) in [4.78, 5) is 24.3. The van der Waals surface area contributed by atoms with Gasteiger partial charge in [-0.3, -0.25) is 9.59 Å². The zero-order chi connectivity index (χ0) is 19.1. The zero-order valence-electron chi connectivity index (χ0n) is 15.8. The van der Waals surface area contributed by atoms with Gasteiger partial charge in [0.2, 0.25) is 0 Å². The van der Waals surface area contributed by atoms with Crippen LogP contribution in [0, 0.1) is 19.8 Å². The molecule has 138 valence electrons. The average Bonchev–Trinajstić information content (AvgIpc) is 2.60. The third kappa shape index (κ3) is 5.92. The highest BCUT2D eigenvalue weighted by Gasteiger charge is 2.09. The molecule has 0 spiro atoms. The molecule has 0 aliphatic heterocycles. The molecule has 2 rings (SSSR count). The fourth-order valence-electron chi connectivity index (χ4n) is 2.34. The summed E-state index contributed by atoms with van der Waals surface area (Å²) in [5.74, 6) is 0.651. The van der Waals surface area contributed by atoms with Crippen LogP contribution >= 0.6 is 0 Å². The Morgan fingerprint density at radius 1 is 1.08 bits per heavy atom. The fourth-order valence-corrected chi connectivity index (χ4v) is 2.34. The Morgan fingerprint density at radius 2 is 1.85 bits per heavy atom. The van der Waals surface area contributed by atoms with E-state index < -0.39 is 0 Å². The van der Waals surface area contributed by atoms with Crippen molar-refractivity contribution in [1.82, 2.24) is 5.32 Å². The van der Waals surface area contributed by atoms with E-state index >= 15 is 0 Å². The first-order chi connectivity index (χ1) is 12.3. The predicted octanol–water partition coefficient (Wildman–Crippen LogP) is 3.71. The fraction of sp³-hybridized carbons (Fsp3) is 0.333. The summed E-state index contributed by atoms with van der Waals surface area (Å²) in [7, 11) is 0. The van der Waals surface area contributed by atoms with E-state index in [1.807, 2.05) is 45.9 Å². The summed E-state index contributed by atoms with van der Waals surface area (Å²) in [5.41, 5.74) is 3.13. The molecule has 0 heterocycles. The van der Waals surface area contributed by atoms with Crippen LogP contribution in [-0.4, -0.2) is 25.0 Å². The van der Waals surface area contributed by atoms with Gasteiger partial charge in [-0.05, 0) is 55.2 Å². The van der Waals surface area contributed by atoms with Gasteiger partial charge in [0.25, 0.3) is 11.8 Å². The lowest BCUT2D eigenvalue weighted by molar-refractivity contribution is -0.118. The lowest BCUT2D eigenvalue weighted by Crippen LogP contribution is -2.27. The van der Waals surface area contributed by atoms with Gasteiger partial charge in [0.05, 0.1) is 0 Å². The molecular weight excluding hydrogens is 328 g/mol. The number of rotatable bonds is 7. The molecule has 2 aromatic rings. The van der Waals surface area contributed by atoms with E-state index in [0.717, 1.165) is 11.1 Å². The average molecular weight is 354 g/mol. The standard InChI is InChI=1S/C21H26N2O3/c1-14(2)12-22-21(25)17-6-5-7-18(11-17)23-20(24)13-26-19-10-15(3)8-9-16(19)4/h5-11,14H,12-13H2,1-4H3,(H,22,25)(H,23,24). The maximum Gasteiger partial charge on any atom is 0.262 e. The summed E-state index contributed by atoms with van der Waals surface area (Å²) in [6.45, 7) is 8.50. The first kappa shape index (κ1) is 19.5. The first-order valence-electron chi connectivity index (χ1n) is 8.73. The van der Waals surface area contributed by atoms with Crippen LogP contribution < -0.4 is 15.4 Å². The number of aryl methyl sites for hydroxylation is 2. The smallest absolute Gasteiger partial charge is 0.262 e. The quantitative estimate of drug-likeness (QED) is 0.796. The summed E-state index contributed by atoms with van der Waals surface area (Å²) in [6.07, 6.45) is 0. The van der Waals surface area contributed by atoms with Crippen molar-refractivity contribution in [3.8, 4) is 5.75 Å². The van der Waals surface area contributed by atoms with E-state index in [1.165, 1.54) is 0 Å². The van der Waals surface area contributed by atoms with Gasteiger partial charge in [-0.1, -0.05) is 32.0 Å². The highest BCUT2D eigenvalue weighted by molar-refractivity contribution is 5.97. The Hall–Kier alpha value is -2.82. The maximum absolute atomic E-state index is 12.1. The van der Waals surface area contributed by atoms with Crippen LogP contribution in [0.4, 0.5) is 5.69 Å². The lowest BCUT2D eigenvalue weighted by Gasteiger charge is -2.11. The van der Waals surface area contributed by atoms with Crippen LogP contribution in [0.25, 0.3) is 0 Å². The molecule has 0 fully saturated rings. The number of nitrogens with one attached hydrogen (secondary N) is 2. The van der Waals surface area contributed by atoms with Gasteiger partial charge in [0.1, 0.15) is 5.75 Å². The molecule has 0 saturated heterocycles. The Morgan fingerprint density at radius 3 is 2.58 bits per heavy atom. The molecule has 2 N–H and O–H groups in total. The number of hydrogen-bond acceptors (Lipinski definition) is 3. The molecule has 2 amide bonds. The van der Waals surface area contributed by atoms with E-state index in [-0.39, 0.29) is 18.4 Å². The number of amides is 2. The van der Waals surface area contributed by atoms with Crippen LogP contribution in [0.2, 0.25) is 0 Å². The van der Waals surface area contributed by atoms with E-state index in [2.05, 4.69) is 10.6 Å². The van der Waals surface area contributed by atoms with Crippen molar-refractivity contribution in [3.63, 3.8) is 0 Å². The third-order valence-corrected chi connectivity index (χ3v) is 3.78. The summed E-state index contributed by atoms with van der Waals surface area (Å²) in [6, 6.07) is 12.7. The molecule has 0 unspecified atom stereocenters. The highest BCUT2D eigenvalue weighted by Crippen LogP contribution is 2.19. The normalized spacial score (nSPS) is 10.5. The molecule has 5 heteroatoms. The minimum atomic E-state index is -0.273. The Labute approximate surface area is 154 Å². The molecule has 0 radical (unpaired) electrons. The Kier molecular flexibility index (Phi) is 6.78. The van der Waals surface area contributed by atoms with Crippen molar-refractivity contribution in [2.75, 3.05) is 18.5 Å². The van der Waals surface area contributed by atoms with Gasteiger partial charge in [-0.2, -0.15) is 0 Å². The van der Waals surface area contributed by atoms with Crippen molar-refractivity contribution in [2.24, 2.45) is 5.92 Å². The summed E-state index contributed by atoms with van der Waals surface area (Å²) in [5, 5.41) is 5.62. The minimum Gasteiger partial charge on any atom is -0.483 e. The SMILES string of the molecule is Cc1ccc(C)c(OCC(=O)Nc2cccc(C(=O)NCC(C)C)c2)c1. The largest absolute Gasteiger partial charge is 0.483 e. The third-order valence-electron chi connectivity index (χ3n) is 3.78. The van der Waals surface area contributed by atoms with Crippen molar-refractivity contribution in [1.29, 1.82) is 0 Å². The van der Waals surface area contributed by atoms with Crippen LogP contribution in [0.3, 0.4) is 0 Å². The van der Waals surface area contributed by atoms with Crippen molar-refractivity contribution < 1.29 is 14.3 Å². The maximum atomic E-state index is 12.1. The molecule has 2 aromatic carbocycles. The van der Waals surface area contributed by atoms with E-state index in [9.17, 15) is 9.59 Å². The van der Waals surface area contributed by atoms with E-state index in [0.29, 0.717) is 29.5 Å². The Bertz CT molecular complexity index is 785. The molecule has 0 aliphatic carbocycles. The number of hydrogen-bond donors (Lipinski definition) is 2. The lowest BCUT2D eigenvalue weighted by atomic mass is 10.1. The van der Waals surface area contributed by atoms with Gasteiger partial charge in [-0.25, -0.2) is 0 Å². The molecule has 0 aromatic heterocycles. The van der Waals surface area contributed by atoms with Gasteiger partial charge in [-0.15, -0.1) is 0 Å². The molecule has 0 atom stereocenters. The topological polar surface area (TPSA) is 67.4 Å². The second-order valence-electron chi connectivity index (χ2n) is 6.79. The number of anilines is 1. The summed E-state index contributed by atoms with van der Waals surface area (Å²) < 4.78 is 5.60. The van der Waals surface area contributed by atoms with Crippen molar-refractivity contribution >= 4 is 17.5 Å². The monoisotopic (exact) mass is 354 g/mol. The van der Waals surface area contributed by atoms with Crippen LogP contribution in [-0.2, 0) is 4.79 Å². The first-order valence-corrected chi connectivity index (χ1v) is 8.73. The molecule has 0 saturated carbocycles. The van der Waals surface area contributed by atoms with E-state index in [4.69, 9.17) is 4.74 Å². The highest BCUT2D eigenvalue weighted by atomic mass is 16.5. The van der Waals surface area contributed by atoms with Crippen LogP contribution in [0.5, 0.6) is 5.75 Å². The molecule has 5 nitrogen and oxygen atoms in total. The number of carbonyl (C=O) groups excluding carboxylic acids is 2. The van der Waals surface area contributed by atoms with Crippen LogP contribution in [0.1, 0.15) is 35.3 Å². The van der Waals surface area contributed by atoms with Gasteiger partial charge in [0.15, 0.2) is 6.61 Å². The number of ether oxygens (including phenoxy) is 1. The minimum absolute atomic E-state index is 0.0892.